The van der Waals surface area contributed by atoms with Gasteiger partial charge in [-0.05, 0) is 26.0 Å². The van der Waals surface area contributed by atoms with Crippen LogP contribution in [-0.4, -0.2) is 58.5 Å². The highest BCUT2D eigenvalue weighted by Crippen LogP contribution is 2.23. The lowest BCUT2D eigenvalue weighted by Crippen LogP contribution is -2.40. The van der Waals surface area contributed by atoms with E-state index in [1.54, 1.807) is 6.20 Å². The van der Waals surface area contributed by atoms with Crippen LogP contribution < -0.4 is 0 Å². The van der Waals surface area contributed by atoms with E-state index in [1.807, 2.05) is 24.8 Å². The molecule has 1 unspecified atom stereocenters. The number of hydrogen-bond donors (Lipinski definition) is 0. The lowest BCUT2D eigenvalue weighted by atomic mass is 10.0. The summed E-state index contributed by atoms with van der Waals surface area (Å²) in [5, 5.41) is 22.0. The third-order valence-corrected chi connectivity index (χ3v) is 4.61. The fourth-order valence-corrected chi connectivity index (χ4v) is 3.32. The molecule has 1 aromatic rings. The zero-order valence-corrected chi connectivity index (χ0v) is 14.4. The van der Waals surface area contributed by atoms with Crippen molar-refractivity contribution in [3.05, 3.63) is 18.0 Å². The van der Waals surface area contributed by atoms with E-state index in [2.05, 4.69) is 27.0 Å². The average Bonchev–Trinajstić information content (AvgIpc) is 3.10. The van der Waals surface area contributed by atoms with E-state index in [0.29, 0.717) is 38.9 Å². The zero-order chi connectivity index (χ0) is 17.5. The van der Waals surface area contributed by atoms with E-state index >= 15 is 0 Å². The molecular formula is C17H25FN6. The van der Waals surface area contributed by atoms with Crippen LogP contribution in [0.1, 0.15) is 25.0 Å². The Labute approximate surface area is 143 Å². The van der Waals surface area contributed by atoms with Crippen LogP contribution in [0.4, 0.5) is 4.39 Å². The number of likely N-dealkylation sites (tertiary alicyclic amines) is 1. The number of likely N-dealkylation sites (N-methyl/N-ethyl adjacent to an activating group) is 1. The number of rotatable bonds is 8. The highest BCUT2D eigenvalue weighted by atomic mass is 19.1. The van der Waals surface area contributed by atoms with Crippen molar-refractivity contribution in [2.75, 3.05) is 26.7 Å². The molecule has 0 aromatic carbocycles. The van der Waals surface area contributed by atoms with Crippen LogP contribution in [0, 0.1) is 28.6 Å². The van der Waals surface area contributed by atoms with Gasteiger partial charge in [-0.3, -0.25) is 9.58 Å². The molecule has 0 aliphatic carbocycles. The Morgan fingerprint density at radius 2 is 2.29 bits per heavy atom. The highest BCUT2D eigenvalue weighted by molar-refractivity contribution is 5.02. The number of alkyl halides is 1. The van der Waals surface area contributed by atoms with Crippen molar-refractivity contribution in [3.8, 4) is 12.1 Å². The maximum Gasteiger partial charge on any atom is 0.114 e. The maximum atomic E-state index is 13.9. The molecule has 3 atom stereocenters. The summed E-state index contributed by atoms with van der Waals surface area (Å²) in [5.74, 6) is -0.150. The first kappa shape index (κ1) is 18.4. The van der Waals surface area contributed by atoms with Crippen molar-refractivity contribution in [2.24, 2.45) is 13.0 Å². The Morgan fingerprint density at radius 3 is 2.92 bits per heavy atom. The molecule has 0 saturated carbocycles. The molecular weight excluding hydrogens is 307 g/mol. The van der Waals surface area contributed by atoms with Crippen LogP contribution in [0.5, 0.6) is 0 Å². The molecule has 1 aromatic heterocycles. The van der Waals surface area contributed by atoms with Crippen LogP contribution in [-0.2, 0) is 13.6 Å². The smallest absolute Gasteiger partial charge is 0.114 e. The average molecular weight is 332 g/mol. The van der Waals surface area contributed by atoms with Gasteiger partial charge in [-0.15, -0.1) is 0 Å². The lowest BCUT2D eigenvalue weighted by Gasteiger charge is -2.29. The van der Waals surface area contributed by atoms with Crippen LogP contribution in [0.2, 0.25) is 0 Å². The van der Waals surface area contributed by atoms with Crippen LogP contribution in [0.25, 0.3) is 0 Å². The van der Waals surface area contributed by atoms with Gasteiger partial charge in [0, 0.05) is 51.9 Å². The Morgan fingerprint density at radius 1 is 1.50 bits per heavy atom. The first-order valence-corrected chi connectivity index (χ1v) is 8.33. The standard InChI is InChI=1S/C17H25FN6/c1-22(10-14(9-20)4-3-6-19)12-17-8-15(18)11-24(17)13-16-5-7-21-23(16)2/h5,7,14-15,17H,3-4,8,10-13H2,1-2H3/t14?,15-,17-/m0/s1. The van der Waals surface area contributed by atoms with Gasteiger partial charge in [-0.2, -0.15) is 15.6 Å². The minimum absolute atomic E-state index is 0.134. The van der Waals surface area contributed by atoms with Crippen LogP contribution in [0.15, 0.2) is 12.3 Å². The Bertz CT molecular complexity index is 601. The second kappa shape index (κ2) is 8.77. The second-order valence-corrected chi connectivity index (χ2v) is 6.61. The van der Waals surface area contributed by atoms with E-state index in [0.717, 1.165) is 12.2 Å². The topological polar surface area (TPSA) is 71.9 Å². The van der Waals surface area contributed by atoms with E-state index < -0.39 is 6.17 Å². The van der Waals surface area contributed by atoms with Crippen LogP contribution in [0.3, 0.4) is 0 Å². The van der Waals surface area contributed by atoms with Gasteiger partial charge in [-0.25, -0.2) is 4.39 Å². The number of hydrogen-bond acceptors (Lipinski definition) is 5. The molecule has 2 rings (SSSR count). The molecule has 0 radical (unpaired) electrons. The third kappa shape index (κ3) is 5.02. The minimum atomic E-state index is -0.804. The number of aromatic nitrogens is 2. The van der Waals surface area contributed by atoms with Crippen molar-refractivity contribution in [1.82, 2.24) is 19.6 Å². The van der Waals surface area contributed by atoms with Crippen molar-refractivity contribution in [1.29, 1.82) is 10.5 Å². The quantitative estimate of drug-likeness (QED) is 0.725. The van der Waals surface area contributed by atoms with Crippen molar-refractivity contribution < 1.29 is 4.39 Å². The van der Waals surface area contributed by atoms with Gasteiger partial charge in [0.2, 0.25) is 0 Å². The van der Waals surface area contributed by atoms with E-state index in [4.69, 9.17) is 5.26 Å². The molecule has 2 heterocycles. The normalized spacial score (nSPS) is 22.4. The molecule has 6 nitrogen and oxygen atoms in total. The molecule has 1 aliphatic rings. The van der Waals surface area contributed by atoms with Crippen molar-refractivity contribution in [3.63, 3.8) is 0 Å². The molecule has 1 fully saturated rings. The van der Waals surface area contributed by atoms with Gasteiger partial charge in [0.15, 0.2) is 0 Å². The van der Waals surface area contributed by atoms with E-state index in [9.17, 15) is 9.65 Å². The van der Waals surface area contributed by atoms with Gasteiger partial charge >= 0.3 is 0 Å². The van der Waals surface area contributed by atoms with Crippen LogP contribution >= 0.6 is 0 Å². The first-order chi connectivity index (χ1) is 11.5. The summed E-state index contributed by atoms with van der Waals surface area (Å²) >= 11 is 0. The van der Waals surface area contributed by atoms with Crippen molar-refractivity contribution >= 4 is 0 Å². The molecule has 0 N–H and O–H groups in total. The predicted molar refractivity (Wildman–Crippen MR) is 88.4 cm³/mol. The molecule has 0 spiro atoms. The minimum Gasteiger partial charge on any atom is -0.304 e. The summed E-state index contributed by atoms with van der Waals surface area (Å²) in [6, 6.07) is 6.44. The Kier molecular flexibility index (Phi) is 6.72. The maximum absolute atomic E-state index is 13.9. The molecule has 24 heavy (non-hydrogen) atoms. The summed E-state index contributed by atoms with van der Waals surface area (Å²) in [4.78, 5) is 4.25. The van der Waals surface area contributed by atoms with Gasteiger partial charge in [0.05, 0.1) is 23.8 Å². The van der Waals surface area contributed by atoms with E-state index in [1.165, 1.54) is 0 Å². The first-order valence-electron chi connectivity index (χ1n) is 8.33. The number of nitriles is 2. The third-order valence-electron chi connectivity index (χ3n) is 4.61. The largest absolute Gasteiger partial charge is 0.304 e. The summed E-state index contributed by atoms with van der Waals surface area (Å²) < 4.78 is 15.7. The predicted octanol–water partition coefficient (Wildman–Crippen LogP) is 1.71. The Hall–Kier alpha value is -1.96. The molecule has 7 heteroatoms. The molecule has 130 valence electrons. The molecule has 1 aliphatic heterocycles. The molecule has 0 amide bonds. The fourth-order valence-electron chi connectivity index (χ4n) is 3.32. The lowest BCUT2D eigenvalue weighted by molar-refractivity contribution is 0.173. The van der Waals surface area contributed by atoms with Crippen molar-refractivity contribution in [2.45, 2.75) is 38.0 Å². The number of aryl methyl sites for hydroxylation is 1. The summed E-state index contributed by atoms with van der Waals surface area (Å²) in [6.45, 7) is 2.47. The number of halogens is 1. The van der Waals surface area contributed by atoms with E-state index in [-0.39, 0.29) is 12.0 Å². The fraction of sp³-hybridized carbons (Fsp3) is 0.706. The Balaban J connectivity index is 1.90. The highest BCUT2D eigenvalue weighted by Gasteiger charge is 2.33. The van der Waals surface area contributed by atoms with Gasteiger partial charge in [0.25, 0.3) is 0 Å². The monoisotopic (exact) mass is 332 g/mol. The molecule has 0 bridgehead atoms. The van der Waals surface area contributed by atoms with Gasteiger partial charge in [-0.1, -0.05) is 0 Å². The zero-order valence-electron chi connectivity index (χ0n) is 14.4. The summed E-state index contributed by atoms with van der Waals surface area (Å²) in [6.07, 6.45) is 2.47. The van der Waals surface area contributed by atoms with Gasteiger partial charge in [0.1, 0.15) is 6.17 Å². The van der Waals surface area contributed by atoms with Gasteiger partial charge < -0.3 is 4.90 Å². The second-order valence-electron chi connectivity index (χ2n) is 6.61. The summed E-state index contributed by atoms with van der Waals surface area (Å²) in [7, 11) is 3.86. The number of nitrogens with zero attached hydrogens (tertiary/aromatic N) is 6. The SMILES string of the molecule is CN(CC(C#N)CCC#N)C[C@@H]1C[C@H](F)CN1Cc1ccnn1C. The summed E-state index contributed by atoms with van der Waals surface area (Å²) in [5.41, 5.74) is 1.07. The molecule has 1 saturated heterocycles.